The van der Waals surface area contributed by atoms with Gasteiger partial charge < -0.3 is 11.1 Å². The van der Waals surface area contributed by atoms with E-state index in [0.29, 0.717) is 5.69 Å². The number of nitrogens with zero attached hydrogens (tertiary/aromatic N) is 2. The zero-order chi connectivity index (χ0) is 12.4. The molecule has 1 heterocycles. The summed E-state index contributed by atoms with van der Waals surface area (Å²) in [5.41, 5.74) is 7.69. The Kier molecular flexibility index (Phi) is 3.38. The zero-order valence-corrected chi connectivity index (χ0v) is 11.4. The Balaban J connectivity index is 2.13. The third kappa shape index (κ3) is 2.79. The van der Waals surface area contributed by atoms with Crippen molar-refractivity contribution in [1.29, 1.82) is 0 Å². The van der Waals surface area contributed by atoms with Crippen molar-refractivity contribution in [2.24, 2.45) is 7.05 Å². The fourth-order valence-electron chi connectivity index (χ4n) is 1.66. The molecule has 0 saturated carbocycles. The molecule has 0 saturated heterocycles. The highest BCUT2D eigenvalue weighted by molar-refractivity contribution is 9.10. The summed E-state index contributed by atoms with van der Waals surface area (Å²) in [6, 6.07) is 8.35. The van der Waals surface area contributed by atoms with Crippen LogP contribution in [-0.4, -0.2) is 9.78 Å². The first-order valence-corrected chi connectivity index (χ1v) is 6.16. The van der Waals surface area contributed by atoms with E-state index < -0.39 is 0 Å². The topological polar surface area (TPSA) is 55.9 Å². The summed E-state index contributed by atoms with van der Waals surface area (Å²) in [5, 5.41) is 7.56. The first-order chi connectivity index (χ1) is 8.06. The van der Waals surface area contributed by atoms with Gasteiger partial charge in [0.2, 0.25) is 0 Å². The second-order valence-corrected chi connectivity index (χ2v) is 4.94. The van der Waals surface area contributed by atoms with E-state index in [1.54, 1.807) is 10.9 Å². The summed E-state index contributed by atoms with van der Waals surface area (Å²) in [6.45, 7) is 2.08. The largest absolute Gasteiger partial charge is 0.394 e. The molecule has 0 aliphatic rings. The first kappa shape index (κ1) is 12.0. The lowest BCUT2D eigenvalue weighted by molar-refractivity contribution is 0.760. The molecule has 0 fully saturated rings. The Morgan fingerprint density at radius 3 is 2.53 bits per heavy atom. The maximum absolute atomic E-state index is 5.84. The maximum atomic E-state index is 5.84. The quantitative estimate of drug-likeness (QED) is 0.915. The molecule has 1 aromatic carbocycles. The van der Waals surface area contributed by atoms with Gasteiger partial charge in [0.15, 0.2) is 5.82 Å². The predicted molar refractivity (Wildman–Crippen MR) is 73.8 cm³/mol. The molecular formula is C12H15BrN4. The third-order valence-electron chi connectivity index (χ3n) is 2.58. The van der Waals surface area contributed by atoms with Gasteiger partial charge in [-0.1, -0.05) is 28.1 Å². The highest BCUT2D eigenvalue weighted by Gasteiger charge is 2.09. The van der Waals surface area contributed by atoms with Crippen molar-refractivity contribution in [1.82, 2.24) is 9.78 Å². The van der Waals surface area contributed by atoms with Crippen LogP contribution in [-0.2, 0) is 7.05 Å². The van der Waals surface area contributed by atoms with Gasteiger partial charge in [0, 0.05) is 17.7 Å². The van der Waals surface area contributed by atoms with Gasteiger partial charge in [-0.2, -0.15) is 5.10 Å². The van der Waals surface area contributed by atoms with Gasteiger partial charge in [0.1, 0.15) is 0 Å². The number of hydrogen-bond acceptors (Lipinski definition) is 3. The number of rotatable bonds is 3. The lowest BCUT2D eigenvalue weighted by atomic mass is 10.1. The number of anilines is 2. The van der Waals surface area contributed by atoms with E-state index in [1.165, 1.54) is 5.56 Å². The van der Waals surface area contributed by atoms with Gasteiger partial charge in [-0.15, -0.1) is 0 Å². The van der Waals surface area contributed by atoms with Crippen molar-refractivity contribution in [3.63, 3.8) is 0 Å². The highest BCUT2D eigenvalue weighted by atomic mass is 79.9. The second kappa shape index (κ2) is 4.79. The maximum Gasteiger partial charge on any atom is 0.171 e. The van der Waals surface area contributed by atoms with Crippen LogP contribution < -0.4 is 11.1 Å². The van der Waals surface area contributed by atoms with Crippen molar-refractivity contribution in [3.05, 3.63) is 40.5 Å². The number of hydrogen-bond donors (Lipinski definition) is 2. The number of benzene rings is 1. The SMILES string of the molecule is CC(Nc1nn(C)cc1N)c1ccc(Br)cc1. The minimum atomic E-state index is 0.167. The average molecular weight is 295 g/mol. The molecule has 0 spiro atoms. The van der Waals surface area contributed by atoms with Crippen LogP contribution >= 0.6 is 15.9 Å². The standard InChI is InChI=1S/C12H15BrN4/c1-8(9-3-5-10(13)6-4-9)15-12-11(14)7-17(2)16-12/h3-8H,14H2,1-2H3,(H,15,16). The van der Waals surface area contributed by atoms with E-state index in [1.807, 2.05) is 19.2 Å². The van der Waals surface area contributed by atoms with Crippen molar-refractivity contribution < 1.29 is 0 Å². The van der Waals surface area contributed by atoms with E-state index in [-0.39, 0.29) is 6.04 Å². The van der Waals surface area contributed by atoms with Gasteiger partial charge in [0.25, 0.3) is 0 Å². The molecule has 2 rings (SSSR count). The van der Waals surface area contributed by atoms with Gasteiger partial charge in [0.05, 0.1) is 11.7 Å². The van der Waals surface area contributed by atoms with Gasteiger partial charge in [-0.3, -0.25) is 4.68 Å². The summed E-state index contributed by atoms with van der Waals surface area (Å²) >= 11 is 3.42. The number of nitrogen functional groups attached to an aromatic ring is 1. The Morgan fingerprint density at radius 1 is 1.35 bits per heavy atom. The summed E-state index contributed by atoms with van der Waals surface area (Å²) < 4.78 is 2.78. The van der Waals surface area contributed by atoms with Gasteiger partial charge in [-0.05, 0) is 24.6 Å². The summed E-state index contributed by atoms with van der Waals surface area (Å²) in [4.78, 5) is 0. The van der Waals surface area contributed by atoms with Crippen LogP contribution in [0.3, 0.4) is 0 Å². The van der Waals surface area contributed by atoms with Crippen molar-refractivity contribution in [2.45, 2.75) is 13.0 Å². The fraction of sp³-hybridized carbons (Fsp3) is 0.250. The average Bonchev–Trinajstić information content (AvgIpc) is 2.58. The number of aromatic nitrogens is 2. The summed E-state index contributed by atoms with van der Waals surface area (Å²) in [6.07, 6.45) is 1.79. The van der Waals surface area contributed by atoms with Crippen LogP contribution in [0.1, 0.15) is 18.5 Å². The van der Waals surface area contributed by atoms with E-state index in [2.05, 4.69) is 45.4 Å². The van der Waals surface area contributed by atoms with Crippen molar-refractivity contribution in [2.75, 3.05) is 11.1 Å². The molecule has 90 valence electrons. The first-order valence-electron chi connectivity index (χ1n) is 5.37. The third-order valence-corrected chi connectivity index (χ3v) is 3.11. The summed E-state index contributed by atoms with van der Waals surface area (Å²) in [5.74, 6) is 0.725. The van der Waals surface area contributed by atoms with Crippen molar-refractivity contribution in [3.8, 4) is 0 Å². The number of halogens is 1. The Labute approximate surface area is 109 Å². The molecule has 1 aromatic heterocycles. The highest BCUT2D eigenvalue weighted by Crippen LogP contribution is 2.23. The molecule has 2 aromatic rings. The molecule has 5 heteroatoms. The van der Waals surface area contributed by atoms with Crippen LogP contribution in [0.15, 0.2) is 34.9 Å². The molecule has 3 N–H and O–H groups in total. The van der Waals surface area contributed by atoms with E-state index in [9.17, 15) is 0 Å². The molecule has 1 unspecified atom stereocenters. The molecule has 0 aliphatic heterocycles. The van der Waals surface area contributed by atoms with Crippen molar-refractivity contribution >= 4 is 27.4 Å². The van der Waals surface area contributed by atoms with E-state index >= 15 is 0 Å². The molecule has 0 bridgehead atoms. The van der Waals surface area contributed by atoms with Crippen LogP contribution in [0.5, 0.6) is 0 Å². The van der Waals surface area contributed by atoms with Gasteiger partial charge in [-0.25, -0.2) is 0 Å². The number of nitrogens with two attached hydrogens (primary N) is 1. The van der Waals surface area contributed by atoms with E-state index in [4.69, 9.17) is 5.73 Å². The second-order valence-electron chi connectivity index (χ2n) is 4.02. The number of nitrogens with one attached hydrogen (secondary N) is 1. The lowest BCUT2D eigenvalue weighted by Crippen LogP contribution is -2.08. The van der Waals surface area contributed by atoms with Crippen LogP contribution in [0.25, 0.3) is 0 Å². The minimum absolute atomic E-state index is 0.167. The molecule has 0 radical (unpaired) electrons. The zero-order valence-electron chi connectivity index (χ0n) is 9.81. The molecule has 4 nitrogen and oxygen atoms in total. The Morgan fingerprint density at radius 2 is 2.00 bits per heavy atom. The number of aryl methyl sites for hydroxylation is 1. The van der Waals surface area contributed by atoms with E-state index in [0.717, 1.165) is 10.3 Å². The predicted octanol–water partition coefficient (Wildman–Crippen LogP) is 2.94. The molecular weight excluding hydrogens is 280 g/mol. The lowest BCUT2D eigenvalue weighted by Gasteiger charge is -2.14. The Hall–Kier alpha value is -1.49. The molecule has 1 atom stereocenters. The molecule has 17 heavy (non-hydrogen) atoms. The monoisotopic (exact) mass is 294 g/mol. The van der Waals surface area contributed by atoms with Crippen LogP contribution in [0.2, 0.25) is 0 Å². The normalized spacial score (nSPS) is 12.4. The molecule has 0 amide bonds. The summed E-state index contributed by atoms with van der Waals surface area (Å²) in [7, 11) is 1.85. The minimum Gasteiger partial charge on any atom is -0.394 e. The fourth-order valence-corrected chi connectivity index (χ4v) is 1.92. The van der Waals surface area contributed by atoms with Gasteiger partial charge >= 0.3 is 0 Å². The van der Waals surface area contributed by atoms with Crippen LogP contribution in [0, 0.1) is 0 Å². The smallest absolute Gasteiger partial charge is 0.171 e. The molecule has 0 aliphatic carbocycles. The Bertz CT molecular complexity index is 504. The van der Waals surface area contributed by atoms with Crippen LogP contribution in [0.4, 0.5) is 11.5 Å².